The predicted octanol–water partition coefficient (Wildman–Crippen LogP) is 2.79. The fraction of sp³-hybridized carbons (Fsp3) is 0.300. The van der Waals surface area contributed by atoms with E-state index in [0.29, 0.717) is 5.56 Å². The Morgan fingerprint density at radius 3 is 2.67 bits per heavy atom. The van der Waals surface area contributed by atoms with Gasteiger partial charge >= 0.3 is 12.5 Å². The van der Waals surface area contributed by atoms with Crippen molar-refractivity contribution >= 4 is 18.5 Å². The fourth-order valence-corrected chi connectivity index (χ4v) is 1.49. The Balaban J connectivity index is 0.00000162. The summed E-state index contributed by atoms with van der Waals surface area (Å²) in [6.07, 6.45) is -5.31. The van der Waals surface area contributed by atoms with E-state index in [0.717, 1.165) is 0 Å². The van der Waals surface area contributed by atoms with Gasteiger partial charge in [0.1, 0.15) is 12.4 Å². The molecule has 1 heterocycles. The van der Waals surface area contributed by atoms with E-state index < -0.39 is 18.5 Å². The molecule has 0 spiro atoms. The maximum Gasteiger partial charge on any atom is 0.573 e. The minimum absolute atomic E-state index is 0. The van der Waals surface area contributed by atoms with E-state index in [-0.39, 0.29) is 24.8 Å². The van der Waals surface area contributed by atoms with Crippen LogP contribution in [0.5, 0.6) is 5.75 Å². The molecular weight excluding hydrogens is 275 g/mol. The summed E-state index contributed by atoms with van der Waals surface area (Å²) in [4.78, 5) is 10.8. The highest BCUT2D eigenvalue weighted by molar-refractivity contribution is 5.85. The number of amides is 1. The van der Waals surface area contributed by atoms with Crippen molar-refractivity contribution in [3.63, 3.8) is 0 Å². The van der Waals surface area contributed by atoms with Gasteiger partial charge in [-0.2, -0.15) is 0 Å². The highest BCUT2D eigenvalue weighted by Crippen LogP contribution is 2.26. The number of rotatable bonds is 2. The van der Waals surface area contributed by atoms with Gasteiger partial charge in [0.25, 0.3) is 0 Å². The Morgan fingerprint density at radius 1 is 1.39 bits per heavy atom. The number of hydrogen-bond acceptors (Lipinski definition) is 3. The molecule has 2 rings (SSSR count). The van der Waals surface area contributed by atoms with E-state index in [9.17, 15) is 18.0 Å². The van der Waals surface area contributed by atoms with Crippen LogP contribution in [0.4, 0.5) is 18.0 Å². The summed E-state index contributed by atoms with van der Waals surface area (Å²) in [5.41, 5.74) is 0.498. The second-order valence-electron chi connectivity index (χ2n) is 3.42. The molecule has 1 aliphatic heterocycles. The molecule has 18 heavy (non-hydrogen) atoms. The van der Waals surface area contributed by atoms with Crippen molar-refractivity contribution in [1.82, 2.24) is 5.32 Å². The van der Waals surface area contributed by atoms with Gasteiger partial charge in [0.05, 0.1) is 6.04 Å². The molecule has 0 aliphatic carbocycles. The lowest BCUT2D eigenvalue weighted by Gasteiger charge is -2.12. The van der Waals surface area contributed by atoms with Crippen LogP contribution >= 0.6 is 12.4 Å². The van der Waals surface area contributed by atoms with Crippen LogP contribution in [0.15, 0.2) is 24.3 Å². The van der Waals surface area contributed by atoms with Gasteiger partial charge in [0.15, 0.2) is 0 Å². The molecule has 1 aromatic carbocycles. The normalized spacial score (nSPS) is 18.6. The third-order valence-corrected chi connectivity index (χ3v) is 2.17. The maximum absolute atomic E-state index is 12.0. The fourth-order valence-electron chi connectivity index (χ4n) is 1.49. The lowest BCUT2D eigenvalue weighted by Crippen LogP contribution is -2.19. The van der Waals surface area contributed by atoms with Crippen LogP contribution in [-0.2, 0) is 4.74 Å². The van der Waals surface area contributed by atoms with Gasteiger partial charge in [-0.05, 0) is 17.7 Å². The zero-order valence-corrected chi connectivity index (χ0v) is 9.68. The summed E-state index contributed by atoms with van der Waals surface area (Å²) >= 11 is 0. The average Bonchev–Trinajstić information content (AvgIpc) is 2.63. The number of nitrogens with one attached hydrogen (secondary N) is 1. The van der Waals surface area contributed by atoms with E-state index in [1.54, 1.807) is 6.07 Å². The van der Waals surface area contributed by atoms with Crippen LogP contribution in [0.1, 0.15) is 11.6 Å². The Morgan fingerprint density at radius 2 is 2.11 bits per heavy atom. The number of carbonyl (C=O) groups excluding carboxylic acids is 1. The van der Waals surface area contributed by atoms with E-state index in [1.807, 2.05) is 0 Å². The van der Waals surface area contributed by atoms with Crippen LogP contribution in [0.2, 0.25) is 0 Å². The minimum atomic E-state index is -4.73. The number of alkyl halides is 3. The standard InChI is InChI=1S/C10H8F3NO3.ClH/c11-10(12,13)17-7-3-1-2-6(4-7)8-5-16-9(15)14-8;/h1-4,8H,5H2,(H,14,15);1H/t8-;/m1./s1. The molecule has 1 atom stereocenters. The Hall–Kier alpha value is -1.63. The summed E-state index contributed by atoms with van der Waals surface area (Å²) in [5.74, 6) is -0.323. The number of benzene rings is 1. The number of alkyl carbamates (subject to hydrolysis) is 1. The van der Waals surface area contributed by atoms with Gasteiger partial charge in [-0.15, -0.1) is 25.6 Å². The van der Waals surface area contributed by atoms with E-state index in [4.69, 9.17) is 0 Å². The summed E-state index contributed by atoms with van der Waals surface area (Å²) in [5, 5.41) is 2.46. The van der Waals surface area contributed by atoms with Crippen molar-refractivity contribution in [2.75, 3.05) is 6.61 Å². The third-order valence-electron chi connectivity index (χ3n) is 2.17. The van der Waals surface area contributed by atoms with Crippen molar-refractivity contribution in [1.29, 1.82) is 0 Å². The molecule has 100 valence electrons. The first-order valence-corrected chi connectivity index (χ1v) is 4.73. The molecule has 1 saturated heterocycles. The van der Waals surface area contributed by atoms with Crippen LogP contribution < -0.4 is 10.1 Å². The number of halogens is 4. The summed E-state index contributed by atoms with van der Waals surface area (Å²) in [6.45, 7) is 0.0916. The van der Waals surface area contributed by atoms with Gasteiger partial charge in [-0.3, -0.25) is 0 Å². The third kappa shape index (κ3) is 3.69. The molecule has 4 nitrogen and oxygen atoms in total. The second-order valence-corrected chi connectivity index (χ2v) is 3.42. The summed E-state index contributed by atoms with van der Waals surface area (Å²) in [6, 6.07) is 4.96. The molecule has 1 aliphatic rings. The van der Waals surface area contributed by atoms with Crippen LogP contribution in [0.25, 0.3) is 0 Å². The first-order chi connectivity index (χ1) is 7.94. The quantitative estimate of drug-likeness (QED) is 0.908. The van der Waals surface area contributed by atoms with Crippen LogP contribution in [-0.4, -0.2) is 19.1 Å². The minimum Gasteiger partial charge on any atom is -0.447 e. The number of carbonyl (C=O) groups is 1. The summed E-state index contributed by atoms with van der Waals surface area (Å²) in [7, 11) is 0. The van der Waals surface area contributed by atoms with Gasteiger partial charge in [0.2, 0.25) is 0 Å². The Kier molecular flexibility index (Phi) is 4.28. The summed E-state index contributed by atoms with van der Waals surface area (Å²) < 4.78 is 44.4. The topological polar surface area (TPSA) is 47.6 Å². The Bertz CT molecular complexity index is 439. The molecule has 1 aromatic rings. The monoisotopic (exact) mass is 283 g/mol. The molecule has 0 unspecified atom stereocenters. The van der Waals surface area contributed by atoms with Gasteiger partial charge in [-0.25, -0.2) is 4.79 Å². The molecular formula is C10H9ClF3NO3. The highest BCUT2D eigenvalue weighted by Gasteiger charge is 2.31. The van der Waals surface area contributed by atoms with Crippen molar-refractivity contribution in [2.45, 2.75) is 12.4 Å². The van der Waals surface area contributed by atoms with Crippen molar-refractivity contribution in [2.24, 2.45) is 0 Å². The molecule has 0 radical (unpaired) electrons. The van der Waals surface area contributed by atoms with E-state index in [1.165, 1.54) is 18.2 Å². The number of hydrogen-bond donors (Lipinski definition) is 1. The van der Waals surface area contributed by atoms with Crippen molar-refractivity contribution in [3.8, 4) is 5.75 Å². The smallest absolute Gasteiger partial charge is 0.447 e. The molecule has 1 N–H and O–H groups in total. The second kappa shape index (κ2) is 5.34. The molecule has 0 bridgehead atoms. The van der Waals surface area contributed by atoms with Gasteiger partial charge in [0, 0.05) is 0 Å². The van der Waals surface area contributed by atoms with Crippen molar-refractivity contribution in [3.05, 3.63) is 29.8 Å². The zero-order valence-electron chi connectivity index (χ0n) is 8.86. The molecule has 1 fully saturated rings. The lowest BCUT2D eigenvalue weighted by molar-refractivity contribution is -0.274. The molecule has 0 saturated carbocycles. The maximum atomic E-state index is 12.0. The zero-order chi connectivity index (χ0) is 12.5. The Labute approximate surface area is 106 Å². The van der Waals surface area contributed by atoms with Crippen LogP contribution in [0.3, 0.4) is 0 Å². The van der Waals surface area contributed by atoms with Crippen LogP contribution in [0, 0.1) is 0 Å². The molecule has 1 amide bonds. The molecule has 8 heteroatoms. The average molecular weight is 284 g/mol. The van der Waals surface area contributed by atoms with Gasteiger partial charge < -0.3 is 14.8 Å². The molecule has 0 aromatic heterocycles. The predicted molar refractivity (Wildman–Crippen MR) is 57.6 cm³/mol. The largest absolute Gasteiger partial charge is 0.573 e. The van der Waals surface area contributed by atoms with Gasteiger partial charge in [-0.1, -0.05) is 12.1 Å². The van der Waals surface area contributed by atoms with E-state index in [2.05, 4.69) is 14.8 Å². The number of ether oxygens (including phenoxy) is 2. The SMILES string of the molecule is Cl.O=C1N[C@@H](c2cccc(OC(F)(F)F)c2)CO1. The lowest BCUT2D eigenvalue weighted by atomic mass is 10.1. The van der Waals surface area contributed by atoms with E-state index >= 15 is 0 Å². The first-order valence-electron chi connectivity index (χ1n) is 4.73. The highest BCUT2D eigenvalue weighted by atomic mass is 35.5. The number of cyclic esters (lactones) is 1. The first kappa shape index (κ1) is 14.4. The van der Waals surface area contributed by atoms with Crippen molar-refractivity contribution < 1.29 is 27.4 Å².